The largest absolute Gasteiger partial charge is 0.387 e. The van der Waals surface area contributed by atoms with E-state index in [1.807, 2.05) is 29.0 Å². The van der Waals surface area contributed by atoms with E-state index in [4.69, 9.17) is 0 Å². The number of nitrogens with one attached hydrogen (secondary N) is 1. The van der Waals surface area contributed by atoms with Crippen molar-refractivity contribution in [1.82, 2.24) is 19.8 Å². The zero-order valence-electron chi connectivity index (χ0n) is 11.8. The molecule has 0 spiro atoms. The van der Waals surface area contributed by atoms with E-state index in [0.29, 0.717) is 18.0 Å². The van der Waals surface area contributed by atoms with Gasteiger partial charge in [0.25, 0.3) is 0 Å². The zero-order valence-corrected chi connectivity index (χ0v) is 13.4. The lowest BCUT2D eigenvalue weighted by Crippen LogP contribution is -2.36. The van der Waals surface area contributed by atoms with Crippen LogP contribution in [0.1, 0.15) is 6.42 Å². The topological polar surface area (TPSA) is 75.3 Å². The second-order valence-corrected chi connectivity index (χ2v) is 7.29. The lowest BCUT2D eigenvalue weighted by Gasteiger charge is -2.21. The molecule has 0 amide bonds. The molecular weight excluding hydrogens is 318 g/mol. The number of aliphatic hydroxyl groups is 1. The molecule has 6 nitrogen and oxygen atoms in total. The van der Waals surface area contributed by atoms with E-state index in [1.165, 1.54) is 0 Å². The highest BCUT2D eigenvalue weighted by atomic mass is 32.2. The van der Waals surface area contributed by atoms with Gasteiger partial charge in [0, 0.05) is 23.2 Å². The van der Waals surface area contributed by atoms with Crippen molar-refractivity contribution in [2.75, 3.05) is 23.4 Å². The number of aromatic nitrogens is 4. The summed E-state index contributed by atoms with van der Waals surface area (Å²) in [5, 5.41) is 30.6. The van der Waals surface area contributed by atoms with Crippen molar-refractivity contribution in [3.63, 3.8) is 0 Å². The van der Waals surface area contributed by atoms with Crippen LogP contribution in [-0.4, -0.2) is 48.6 Å². The van der Waals surface area contributed by atoms with Gasteiger partial charge in [-0.1, -0.05) is 0 Å². The summed E-state index contributed by atoms with van der Waals surface area (Å²) >= 11 is 3.40. The van der Waals surface area contributed by atoms with Gasteiger partial charge in [-0.05, 0) is 35.8 Å². The normalized spacial score (nSPS) is 21.5. The van der Waals surface area contributed by atoms with E-state index in [2.05, 4.69) is 20.6 Å². The Morgan fingerprint density at radius 1 is 1.32 bits per heavy atom. The number of thioether (sulfide) groups is 1. The van der Waals surface area contributed by atoms with Crippen molar-refractivity contribution in [3.8, 4) is 11.4 Å². The van der Waals surface area contributed by atoms with Crippen molar-refractivity contribution in [2.45, 2.75) is 12.0 Å². The maximum atomic E-state index is 10.4. The Morgan fingerprint density at radius 2 is 2.27 bits per heavy atom. The standard InChI is InChI=1S/C14H15N5OS2/c20-14(4-6-22-9-14)8-15-11-1-2-12-16-17-13(19(12)18-11)10-3-5-21-7-10/h1-3,5,7,20H,4,6,8-9H2,(H,15,18). The summed E-state index contributed by atoms with van der Waals surface area (Å²) in [6.45, 7) is 0.508. The molecule has 1 unspecified atom stereocenters. The minimum Gasteiger partial charge on any atom is -0.387 e. The van der Waals surface area contributed by atoms with Gasteiger partial charge in [0.05, 0.1) is 5.60 Å². The Morgan fingerprint density at radius 3 is 3.05 bits per heavy atom. The zero-order chi connectivity index (χ0) is 15.0. The smallest absolute Gasteiger partial charge is 0.186 e. The van der Waals surface area contributed by atoms with Crippen LogP contribution in [0.5, 0.6) is 0 Å². The van der Waals surface area contributed by atoms with Gasteiger partial charge in [-0.3, -0.25) is 0 Å². The van der Waals surface area contributed by atoms with Gasteiger partial charge < -0.3 is 10.4 Å². The number of fused-ring (bicyclic) bond motifs is 1. The Bertz CT molecular complexity index is 780. The molecule has 1 fully saturated rings. The third kappa shape index (κ3) is 2.57. The van der Waals surface area contributed by atoms with Crippen molar-refractivity contribution < 1.29 is 5.11 Å². The molecule has 0 radical (unpaired) electrons. The molecule has 22 heavy (non-hydrogen) atoms. The Kier molecular flexibility index (Phi) is 3.51. The third-order valence-corrected chi connectivity index (χ3v) is 5.64. The molecule has 1 saturated heterocycles. The van der Waals surface area contributed by atoms with Gasteiger partial charge in [-0.15, -0.1) is 15.3 Å². The fourth-order valence-corrected chi connectivity index (χ4v) is 4.38. The van der Waals surface area contributed by atoms with E-state index < -0.39 is 5.60 Å². The van der Waals surface area contributed by atoms with Crippen molar-refractivity contribution in [1.29, 1.82) is 0 Å². The number of anilines is 1. The molecule has 2 N–H and O–H groups in total. The first-order chi connectivity index (χ1) is 10.7. The van der Waals surface area contributed by atoms with Crippen LogP contribution in [0.25, 0.3) is 17.0 Å². The average molecular weight is 333 g/mol. The SMILES string of the molecule is OC1(CNc2ccc3nnc(-c4ccsc4)n3n2)CCSC1. The van der Waals surface area contributed by atoms with Crippen LogP contribution < -0.4 is 5.32 Å². The molecule has 4 heterocycles. The van der Waals surface area contributed by atoms with Crippen molar-refractivity contribution in [3.05, 3.63) is 29.0 Å². The van der Waals surface area contributed by atoms with Gasteiger partial charge in [0.15, 0.2) is 11.5 Å². The molecule has 0 bridgehead atoms. The molecule has 3 aromatic rings. The fraction of sp³-hybridized carbons (Fsp3) is 0.357. The van der Waals surface area contributed by atoms with E-state index in [-0.39, 0.29) is 0 Å². The first kappa shape index (κ1) is 14.0. The highest BCUT2D eigenvalue weighted by Gasteiger charge is 2.31. The van der Waals surface area contributed by atoms with Crippen LogP contribution >= 0.6 is 23.1 Å². The molecule has 114 valence electrons. The number of hydrogen-bond donors (Lipinski definition) is 2. The lowest BCUT2D eigenvalue weighted by molar-refractivity contribution is 0.0819. The van der Waals surface area contributed by atoms with Gasteiger partial charge in [-0.25, -0.2) is 0 Å². The number of hydrogen-bond acceptors (Lipinski definition) is 7. The predicted octanol–water partition coefficient (Wildman–Crippen LogP) is 2.13. The molecule has 4 rings (SSSR count). The van der Waals surface area contributed by atoms with E-state index in [0.717, 1.165) is 29.3 Å². The summed E-state index contributed by atoms with van der Waals surface area (Å²) in [6.07, 6.45) is 0.819. The molecule has 1 aliphatic heterocycles. The summed E-state index contributed by atoms with van der Waals surface area (Å²) in [4.78, 5) is 0. The minimum atomic E-state index is -0.634. The van der Waals surface area contributed by atoms with Crippen LogP contribution in [0.3, 0.4) is 0 Å². The molecule has 3 aromatic heterocycles. The number of thiophene rings is 1. The average Bonchev–Trinajstić information content (AvgIpc) is 3.25. The fourth-order valence-electron chi connectivity index (χ4n) is 2.45. The van der Waals surface area contributed by atoms with Crippen LogP contribution in [0.2, 0.25) is 0 Å². The predicted molar refractivity (Wildman–Crippen MR) is 89.5 cm³/mol. The molecule has 1 atom stereocenters. The molecule has 0 aromatic carbocycles. The van der Waals surface area contributed by atoms with Crippen LogP contribution in [0.4, 0.5) is 5.82 Å². The van der Waals surface area contributed by atoms with E-state index in [9.17, 15) is 5.11 Å². The second kappa shape index (κ2) is 5.53. The number of nitrogens with zero attached hydrogens (tertiary/aromatic N) is 4. The number of rotatable bonds is 4. The molecular formula is C14H15N5OS2. The Balaban J connectivity index is 1.61. The monoisotopic (exact) mass is 333 g/mol. The van der Waals surface area contributed by atoms with Crippen molar-refractivity contribution >= 4 is 34.6 Å². The molecule has 0 aliphatic carbocycles. The lowest BCUT2D eigenvalue weighted by atomic mass is 10.0. The van der Waals surface area contributed by atoms with Crippen molar-refractivity contribution in [2.24, 2.45) is 0 Å². The quantitative estimate of drug-likeness (QED) is 0.762. The van der Waals surface area contributed by atoms with Crippen LogP contribution in [0.15, 0.2) is 29.0 Å². The van der Waals surface area contributed by atoms with Crippen LogP contribution in [-0.2, 0) is 0 Å². The van der Waals surface area contributed by atoms with Gasteiger partial charge in [0.2, 0.25) is 0 Å². The second-order valence-electron chi connectivity index (χ2n) is 5.40. The summed E-state index contributed by atoms with van der Waals surface area (Å²) in [5.74, 6) is 3.23. The maximum absolute atomic E-state index is 10.4. The van der Waals surface area contributed by atoms with Gasteiger partial charge in [0.1, 0.15) is 5.82 Å². The highest BCUT2D eigenvalue weighted by molar-refractivity contribution is 7.99. The Hall–Kier alpha value is -1.64. The minimum absolute atomic E-state index is 0.508. The molecule has 1 aliphatic rings. The molecule has 8 heteroatoms. The summed E-state index contributed by atoms with van der Waals surface area (Å²) < 4.78 is 1.73. The van der Waals surface area contributed by atoms with Gasteiger partial charge >= 0.3 is 0 Å². The maximum Gasteiger partial charge on any atom is 0.186 e. The van der Waals surface area contributed by atoms with E-state index in [1.54, 1.807) is 27.6 Å². The first-order valence-electron chi connectivity index (χ1n) is 7.03. The first-order valence-corrected chi connectivity index (χ1v) is 9.12. The third-order valence-electron chi connectivity index (χ3n) is 3.72. The van der Waals surface area contributed by atoms with E-state index >= 15 is 0 Å². The highest BCUT2D eigenvalue weighted by Crippen LogP contribution is 2.28. The van der Waals surface area contributed by atoms with Crippen LogP contribution in [0, 0.1) is 0 Å². The molecule has 0 saturated carbocycles. The summed E-state index contributed by atoms with van der Waals surface area (Å²) in [7, 11) is 0. The summed E-state index contributed by atoms with van der Waals surface area (Å²) in [5.41, 5.74) is 1.08. The Labute approximate surface area is 135 Å². The summed E-state index contributed by atoms with van der Waals surface area (Å²) in [6, 6.07) is 5.75. The van der Waals surface area contributed by atoms with Gasteiger partial charge in [-0.2, -0.15) is 27.6 Å².